The molecule has 0 unspecified atom stereocenters. The highest BCUT2D eigenvalue weighted by molar-refractivity contribution is 9.10. The van der Waals surface area contributed by atoms with E-state index >= 15 is 0 Å². The van der Waals surface area contributed by atoms with Crippen LogP contribution in [0.15, 0.2) is 28.7 Å². The Morgan fingerprint density at radius 1 is 1.29 bits per heavy atom. The molecule has 1 amide bonds. The molecule has 1 aromatic carbocycles. The first kappa shape index (κ1) is 17.9. The van der Waals surface area contributed by atoms with Crippen LogP contribution in [0.1, 0.15) is 24.8 Å². The van der Waals surface area contributed by atoms with Gasteiger partial charge in [0.05, 0.1) is 6.54 Å². The van der Waals surface area contributed by atoms with Crippen molar-refractivity contribution in [3.63, 3.8) is 0 Å². The minimum absolute atomic E-state index is 0. The summed E-state index contributed by atoms with van der Waals surface area (Å²) in [6.07, 6.45) is 3.08. The molecule has 1 aliphatic rings. The third-order valence-corrected chi connectivity index (χ3v) is 4.10. The van der Waals surface area contributed by atoms with E-state index in [0.29, 0.717) is 0 Å². The van der Waals surface area contributed by atoms with Gasteiger partial charge in [0.15, 0.2) is 0 Å². The molecule has 1 saturated carbocycles. The Balaban J connectivity index is 0.00000220. The quantitative estimate of drug-likeness (QED) is 0.709. The Morgan fingerprint density at radius 3 is 2.52 bits per heavy atom. The van der Waals surface area contributed by atoms with E-state index in [1.807, 2.05) is 18.2 Å². The summed E-state index contributed by atoms with van der Waals surface area (Å²) in [5.74, 6) is -1.34. The van der Waals surface area contributed by atoms with Gasteiger partial charge in [0.25, 0.3) is 0 Å². The van der Waals surface area contributed by atoms with Crippen molar-refractivity contribution in [3.8, 4) is 0 Å². The second-order valence-corrected chi connectivity index (χ2v) is 5.89. The third-order valence-electron chi connectivity index (χ3n) is 3.61. The smallest absolute Gasteiger partial charge is 0.322 e. The zero-order valence-electron chi connectivity index (χ0n) is 11.4. The molecule has 0 radical (unpaired) electrons. The van der Waals surface area contributed by atoms with E-state index in [1.165, 1.54) is 0 Å². The summed E-state index contributed by atoms with van der Waals surface area (Å²) in [5, 5.41) is 14.1. The monoisotopic (exact) mass is 376 g/mol. The van der Waals surface area contributed by atoms with E-state index in [1.54, 1.807) is 0 Å². The van der Waals surface area contributed by atoms with Crippen LogP contribution in [0.4, 0.5) is 0 Å². The number of benzene rings is 1. The number of aliphatic carboxylic acids is 1. The Hall–Kier alpha value is -1.11. The lowest BCUT2D eigenvalue weighted by molar-refractivity contribution is -0.137. The Bertz CT molecular complexity index is 521. The first-order valence-electron chi connectivity index (χ1n) is 6.51. The maximum Gasteiger partial charge on any atom is 0.322 e. The van der Waals surface area contributed by atoms with Crippen molar-refractivity contribution in [3.05, 3.63) is 34.3 Å². The van der Waals surface area contributed by atoms with E-state index in [0.717, 1.165) is 29.3 Å². The highest BCUT2D eigenvalue weighted by atomic mass is 79.9. The SMILES string of the molecule is Cl.O=C(O)CNC(=O)CNC1(c2cccc(Br)c2)CCC1. The lowest BCUT2D eigenvalue weighted by Gasteiger charge is -2.43. The van der Waals surface area contributed by atoms with Crippen LogP contribution in [0.25, 0.3) is 0 Å². The standard InChI is InChI=1S/C14H17BrN2O3.ClH/c15-11-4-1-3-10(7-11)14(5-2-6-14)17-8-12(18)16-9-13(19)20;/h1,3-4,7,17H,2,5-6,8-9H2,(H,16,18)(H,19,20);1H. The molecule has 0 aliphatic heterocycles. The fourth-order valence-electron chi connectivity index (χ4n) is 2.37. The number of carboxylic acid groups (broad SMARTS) is 1. The number of carboxylic acids is 1. The predicted molar refractivity (Wildman–Crippen MR) is 85.6 cm³/mol. The lowest BCUT2D eigenvalue weighted by atomic mass is 9.72. The summed E-state index contributed by atoms with van der Waals surface area (Å²) in [6.45, 7) is -0.218. The highest BCUT2D eigenvalue weighted by Crippen LogP contribution is 2.41. The summed E-state index contributed by atoms with van der Waals surface area (Å²) in [6, 6.07) is 8.05. The second-order valence-electron chi connectivity index (χ2n) is 4.97. The maximum absolute atomic E-state index is 11.6. The zero-order valence-corrected chi connectivity index (χ0v) is 13.8. The summed E-state index contributed by atoms with van der Waals surface area (Å²) in [4.78, 5) is 22.0. The molecular formula is C14H18BrClN2O3. The zero-order chi connectivity index (χ0) is 14.6. The largest absolute Gasteiger partial charge is 0.480 e. The first-order chi connectivity index (χ1) is 9.52. The topological polar surface area (TPSA) is 78.4 Å². The van der Waals surface area contributed by atoms with E-state index in [-0.39, 0.29) is 36.9 Å². The van der Waals surface area contributed by atoms with Gasteiger partial charge in [-0.1, -0.05) is 28.1 Å². The Labute approximate surface area is 138 Å². The molecule has 1 fully saturated rings. The number of carbonyl (C=O) groups is 2. The number of amides is 1. The fraction of sp³-hybridized carbons (Fsp3) is 0.429. The van der Waals surface area contributed by atoms with Gasteiger partial charge in [-0.2, -0.15) is 0 Å². The van der Waals surface area contributed by atoms with Gasteiger partial charge in [-0.3, -0.25) is 14.9 Å². The van der Waals surface area contributed by atoms with Gasteiger partial charge in [0.1, 0.15) is 6.54 Å². The molecule has 21 heavy (non-hydrogen) atoms. The number of carbonyl (C=O) groups excluding carboxylic acids is 1. The molecule has 0 aromatic heterocycles. The molecule has 7 heteroatoms. The average Bonchev–Trinajstić information content (AvgIpc) is 2.35. The molecule has 0 saturated heterocycles. The van der Waals surface area contributed by atoms with Gasteiger partial charge in [-0.05, 0) is 37.0 Å². The molecule has 0 atom stereocenters. The molecule has 0 bridgehead atoms. The van der Waals surface area contributed by atoms with Gasteiger partial charge < -0.3 is 10.4 Å². The normalized spacial score (nSPS) is 15.5. The van der Waals surface area contributed by atoms with Crippen molar-refractivity contribution < 1.29 is 14.7 Å². The molecule has 116 valence electrons. The summed E-state index contributed by atoms with van der Waals surface area (Å²) in [5.41, 5.74) is 0.994. The van der Waals surface area contributed by atoms with Crippen molar-refractivity contribution >= 4 is 40.2 Å². The number of hydrogen-bond donors (Lipinski definition) is 3. The molecule has 2 rings (SSSR count). The van der Waals surface area contributed by atoms with Crippen molar-refractivity contribution in [2.24, 2.45) is 0 Å². The molecule has 3 N–H and O–H groups in total. The maximum atomic E-state index is 11.6. The average molecular weight is 378 g/mol. The molecule has 0 heterocycles. The van der Waals surface area contributed by atoms with E-state index in [2.05, 4.69) is 32.6 Å². The van der Waals surface area contributed by atoms with Gasteiger partial charge in [0.2, 0.25) is 5.91 Å². The van der Waals surface area contributed by atoms with Crippen LogP contribution in [0.5, 0.6) is 0 Å². The first-order valence-corrected chi connectivity index (χ1v) is 7.31. The molecule has 5 nitrogen and oxygen atoms in total. The van der Waals surface area contributed by atoms with E-state index in [4.69, 9.17) is 5.11 Å². The van der Waals surface area contributed by atoms with Crippen molar-refractivity contribution in [2.45, 2.75) is 24.8 Å². The van der Waals surface area contributed by atoms with Crippen molar-refractivity contribution in [1.29, 1.82) is 0 Å². The highest BCUT2D eigenvalue weighted by Gasteiger charge is 2.38. The van der Waals surface area contributed by atoms with E-state index < -0.39 is 5.97 Å². The summed E-state index contributed by atoms with van der Waals surface area (Å²) in [7, 11) is 0. The Kier molecular flexibility index (Phi) is 6.64. The molecule has 0 spiro atoms. The van der Waals surface area contributed by atoms with Crippen LogP contribution in [-0.4, -0.2) is 30.1 Å². The minimum atomic E-state index is -1.04. The van der Waals surface area contributed by atoms with Crippen molar-refractivity contribution in [1.82, 2.24) is 10.6 Å². The molecule has 1 aromatic rings. The fourth-order valence-corrected chi connectivity index (χ4v) is 2.77. The van der Waals surface area contributed by atoms with E-state index in [9.17, 15) is 9.59 Å². The second kappa shape index (κ2) is 7.77. The van der Waals surface area contributed by atoms with Gasteiger partial charge in [-0.15, -0.1) is 12.4 Å². The number of rotatable bonds is 6. The summed E-state index contributed by atoms with van der Waals surface area (Å²) >= 11 is 3.46. The number of hydrogen-bond acceptors (Lipinski definition) is 3. The molecular weight excluding hydrogens is 360 g/mol. The summed E-state index contributed by atoms with van der Waals surface area (Å²) < 4.78 is 1.01. The number of nitrogens with one attached hydrogen (secondary N) is 2. The minimum Gasteiger partial charge on any atom is -0.480 e. The van der Waals surface area contributed by atoms with Crippen LogP contribution in [0.3, 0.4) is 0 Å². The predicted octanol–water partition coefficient (Wildman–Crippen LogP) is 2.04. The van der Waals surface area contributed by atoms with Crippen LogP contribution in [0, 0.1) is 0 Å². The lowest BCUT2D eigenvalue weighted by Crippen LogP contribution is -2.51. The molecule has 1 aliphatic carbocycles. The number of halogens is 2. The van der Waals surface area contributed by atoms with Gasteiger partial charge >= 0.3 is 5.97 Å². The Morgan fingerprint density at radius 2 is 2.00 bits per heavy atom. The van der Waals surface area contributed by atoms with Crippen molar-refractivity contribution in [2.75, 3.05) is 13.1 Å². The van der Waals surface area contributed by atoms with Crippen LogP contribution >= 0.6 is 28.3 Å². The van der Waals surface area contributed by atoms with Crippen LogP contribution < -0.4 is 10.6 Å². The van der Waals surface area contributed by atoms with Crippen LogP contribution in [-0.2, 0) is 15.1 Å². The third kappa shape index (κ3) is 4.69. The van der Waals surface area contributed by atoms with Gasteiger partial charge in [-0.25, -0.2) is 0 Å². The van der Waals surface area contributed by atoms with Crippen LogP contribution in [0.2, 0.25) is 0 Å². The van der Waals surface area contributed by atoms with Gasteiger partial charge in [0, 0.05) is 10.0 Å².